The molecule has 5 nitrogen and oxygen atoms in total. The van der Waals surface area contributed by atoms with Crippen molar-refractivity contribution in [2.24, 2.45) is 11.7 Å². The normalized spacial score (nSPS) is 23.0. The molecule has 2 unspecified atom stereocenters. The van der Waals surface area contributed by atoms with Crippen LogP contribution in [0.4, 0.5) is 5.69 Å². The maximum absolute atomic E-state index is 11.8. The molecule has 19 heavy (non-hydrogen) atoms. The van der Waals surface area contributed by atoms with Crippen LogP contribution in [0.5, 0.6) is 0 Å². The third-order valence-corrected chi connectivity index (χ3v) is 3.26. The summed E-state index contributed by atoms with van der Waals surface area (Å²) in [7, 11) is 0. The van der Waals surface area contributed by atoms with E-state index in [1.165, 1.54) is 0 Å². The van der Waals surface area contributed by atoms with Gasteiger partial charge in [0.15, 0.2) is 0 Å². The summed E-state index contributed by atoms with van der Waals surface area (Å²) in [4.78, 5) is 11.8. The molecule has 1 aliphatic heterocycles. The summed E-state index contributed by atoms with van der Waals surface area (Å²) in [5.41, 5.74) is 7.85. The predicted molar refractivity (Wildman–Crippen MR) is 75.8 cm³/mol. The zero-order chi connectivity index (χ0) is 14.0. The third-order valence-electron chi connectivity index (χ3n) is 3.26. The van der Waals surface area contributed by atoms with Crippen LogP contribution in [-0.4, -0.2) is 17.7 Å². The minimum Gasteiger partial charge on any atom is -0.341 e. The number of hydrogen-bond acceptors (Lipinski definition) is 4. The summed E-state index contributed by atoms with van der Waals surface area (Å²) in [6.45, 7) is 3.56. The molecule has 0 spiro atoms. The van der Waals surface area contributed by atoms with Crippen LogP contribution in [0.25, 0.3) is 0 Å². The molecule has 100 valence electrons. The number of amides is 1. The Balaban J connectivity index is 2.38. The summed E-state index contributed by atoms with van der Waals surface area (Å²) >= 11 is 0. The van der Waals surface area contributed by atoms with E-state index >= 15 is 0 Å². The quantitative estimate of drug-likeness (QED) is 0.618. The number of nitrogens with two attached hydrogens (primary N) is 1. The summed E-state index contributed by atoms with van der Waals surface area (Å²) in [6.07, 6.45) is 0. The Hall–Kier alpha value is -2.14. The highest BCUT2D eigenvalue weighted by Crippen LogP contribution is 2.24. The first kappa shape index (κ1) is 13.3. The molecule has 1 aromatic rings. The molecule has 0 radical (unpaired) electrons. The van der Waals surface area contributed by atoms with Crippen LogP contribution in [0, 0.1) is 11.3 Å². The van der Waals surface area contributed by atoms with Crippen molar-refractivity contribution in [3.05, 3.63) is 41.7 Å². The summed E-state index contributed by atoms with van der Waals surface area (Å²) in [6, 6.07) is 8.90. The Kier molecular flexibility index (Phi) is 3.66. The Morgan fingerprint density at radius 1 is 1.37 bits per heavy atom. The van der Waals surface area contributed by atoms with E-state index in [0.29, 0.717) is 11.5 Å². The maximum Gasteiger partial charge on any atom is 0.243 e. The van der Waals surface area contributed by atoms with Crippen molar-refractivity contribution < 1.29 is 4.79 Å². The second-order valence-electron chi connectivity index (χ2n) is 4.71. The van der Waals surface area contributed by atoms with Gasteiger partial charge in [-0.05, 0) is 19.1 Å². The lowest BCUT2D eigenvalue weighted by Gasteiger charge is -2.31. The Bertz CT molecular complexity index is 536. The Labute approximate surface area is 112 Å². The van der Waals surface area contributed by atoms with Gasteiger partial charge < -0.3 is 21.8 Å². The van der Waals surface area contributed by atoms with Crippen molar-refractivity contribution in [2.75, 3.05) is 5.32 Å². The van der Waals surface area contributed by atoms with Crippen molar-refractivity contribution in [1.82, 2.24) is 5.32 Å². The molecule has 0 aromatic heterocycles. The van der Waals surface area contributed by atoms with Gasteiger partial charge in [-0.2, -0.15) is 0 Å². The largest absolute Gasteiger partial charge is 0.341 e. The number of hydrogen-bond donors (Lipinski definition) is 4. The molecule has 1 amide bonds. The first-order valence-electron chi connectivity index (χ1n) is 6.19. The van der Waals surface area contributed by atoms with Gasteiger partial charge in [0, 0.05) is 22.9 Å². The Morgan fingerprint density at radius 2 is 2.00 bits per heavy atom. The predicted octanol–water partition coefficient (Wildman–Crippen LogP) is 1.44. The van der Waals surface area contributed by atoms with E-state index in [1.807, 2.05) is 37.3 Å². The van der Waals surface area contributed by atoms with Crippen molar-refractivity contribution in [2.45, 2.75) is 19.9 Å². The summed E-state index contributed by atoms with van der Waals surface area (Å²) in [5, 5.41) is 13.8. The molecule has 0 bridgehead atoms. The van der Waals surface area contributed by atoms with Crippen LogP contribution in [0.1, 0.15) is 13.8 Å². The molecule has 0 aliphatic carbocycles. The highest BCUT2D eigenvalue weighted by atomic mass is 16.2. The maximum atomic E-state index is 11.8. The first-order chi connectivity index (χ1) is 9.00. The van der Waals surface area contributed by atoms with E-state index < -0.39 is 6.04 Å². The van der Waals surface area contributed by atoms with Crippen molar-refractivity contribution >= 4 is 17.3 Å². The fraction of sp³-hybridized carbons (Fsp3) is 0.286. The fourth-order valence-corrected chi connectivity index (χ4v) is 2.20. The van der Waals surface area contributed by atoms with Gasteiger partial charge in [0.2, 0.25) is 5.91 Å². The number of nitrogens with one attached hydrogen (secondary N) is 3. The molecule has 5 N–H and O–H groups in total. The highest BCUT2D eigenvalue weighted by Gasteiger charge is 2.33. The average molecular weight is 258 g/mol. The number of anilines is 1. The standard InChI is InChI=1S/C14H18N4O/c1-8-11(9(2)15)13(18-14(19)12(8)16)17-10-6-4-3-5-7-10/h3-8,12,15,17H,16H2,1-2H3,(H,18,19). The number of benzene rings is 1. The van der Waals surface area contributed by atoms with E-state index in [4.69, 9.17) is 11.1 Å². The fourth-order valence-electron chi connectivity index (χ4n) is 2.20. The van der Waals surface area contributed by atoms with Gasteiger partial charge in [-0.15, -0.1) is 0 Å². The van der Waals surface area contributed by atoms with Gasteiger partial charge in [0.25, 0.3) is 0 Å². The molecule has 0 saturated heterocycles. The lowest BCUT2D eigenvalue weighted by atomic mass is 9.87. The van der Waals surface area contributed by atoms with Gasteiger partial charge in [0.05, 0.1) is 6.04 Å². The lowest BCUT2D eigenvalue weighted by Crippen LogP contribution is -2.51. The highest BCUT2D eigenvalue weighted by molar-refractivity contribution is 6.01. The Morgan fingerprint density at radius 3 is 2.58 bits per heavy atom. The van der Waals surface area contributed by atoms with Crippen LogP contribution in [0.3, 0.4) is 0 Å². The molecular weight excluding hydrogens is 240 g/mol. The summed E-state index contributed by atoms with van der Waals surface area (Å²) in [5.74, 6) is 0.145. The molecule has 0 saturated carbocycles. The zero-order valence-corrected chi connectivity index (χ0v) is 11.0. The SMILES string of the molecule is CC(=N)C1=C(Nc2ccccc2)NC(=O)C(N)C1C. The van der Waals surface area contributed by atoms with Crippen molar-refractivity contribution in [1.29, 1.82) is 5.41 Å². The first-order valence-corrected chi connectivity index (χ1v) is 6.19. The summed E-state index contributed by atoms with van der Waals surface area (Å²) < 4.78 is 0. The van der Waals surface area contributed by atoms with Crippen LogP contribution in [0.2, 0.25) is 0 Å². The van der Waals surface area contributed by atoms with Crippen LogP contribution in [0.15, 0.2) is 41.7 Å². The topological polar surface area (TPSA) is 91.0 Å². The minimum absolute atomic E-state index is 0.183. The number of carbonyl (C=O) groups is 1. The van der Waals surface area contributed by atoms with Gasteiger partial charge in [0.1, 0.15) is 5.82 Å². The van der Waals surface area contributed by atoms with E-state index in [9.17, 15) is 4.79 Å². The van der Waals surface area contributed by atoms with Crippen molar-refractivity contribution in [3.8, 4) is 0 Å². The van der Waals surface area contributed by atoms with E-state index in [1.54, 1.807) is 6.92 Å². The van der Waals surface area contributed by atoms with Gasteiger partial charge in [-0.25, -0.2) is 0 Å². The smallest absolute Gasteiger partial charge is 0.243 e. The van der Waals surface area contributed by atoms with Gasteiger partial charge in [-0.3, -0.25) is 4.79 Å². The van der Waals surface area contributed by atoms with E-state index in [-0.39, 0.29) is 11.8 Å². The lowest BCUT2D eigenvalue weighted by molar-refractivity contribution is -0.122. The molecular formula is C14H18N4O. The van der Waals surface area contributed by atoms with Crippen LogP contribution >= 0.6 is 0 Å². The molecule has 2 rings (SSSR count). The molecule has 0 fully saturated rings. The van der Waals surface area contributed by atoms with Crippen LogP contribution < -0.4 is 16.4 Å². The minimum atomic E-state index is -0.614. The second-order valence-corrected chi connectivity index (χ2v) is 4.71. The van der Waals surface area contributed by atoms with Gasteiger partial charge in [-0.1, -0.05) is 25.1 Å². The molecule has 5 heteroatoms. The third kappa shape index (κ3) is 2.66. The zero-order valence-electron chi connectivity index (χ0n) is 11.0. The number of rotatable bonds is 3. The van der Waals surface area contributed by atoms with Gasteiger partial charge >= 0.3 is 0 Å². The van der Waals surface area contributed by atoms with Crippen molar-refractivity contribution in [3.63, 3.8) is 0 Å². The monoisotopic (exact) mass is 258 g/mol. The van der Waals surface area contributed by atoms with E-state index in [2.05, 4.69) is 10.6 Å². The molecule has 1 aromatic carbocycles. The number of para-hydroxylation sites is 1. The molecule has 1 heterocycles. The number of carbonyl (C=O) groups excluding carboxylic acids is 1. The van der Waals surface area contributed by atoms with E-state index in [0.717, 1.165) is 11.3 Å². The molecule has 2 atom stereocenters. The van der Waals surface area contributed by atoms with Crippen LogP contribution in [-0.2, 0) is 4.79 Å². The average Bonchev–Trinajstić information content (AvgIpc) is 2.37. The second kappa shape index (κ2) is 5.24. The molecule has 1 aliphatic rings.